The summed E-state index contributed by atoms with van der Waals surface area (Å²) in [7, 11) is 0. The molecule has 3 rings (SSSR count). The van der Waals surface area contributed by atoms with Gasteiger partial charge in [0.25, 0.3) is 0 Å². The van der Waals surface area contributed by atoms with Gasteiger partial charge in [0.1, 0.15) is 12.2 Å². The molecule has 1 aliphatic rings. The minimum Gasteiger partial charge on any atom is -0.352 e. The van der Waals surface area contributed by atoms with Crippen LogP contribution < -0.4 is 10.6 Å². The van der Waals surface area contributed by atoms with Crippen LogP contribution in [-0.2, 0) is 17.5 Å². The summed E-state index contributed by atoms with van der Waals surface area (Å²) in [5.74, 6) is -0.348. The van der Waals surface area contributed by atoms with Gasteiger partial charge in [-0.05, 0) is 18.9 Å². The fraction of sp³-hybridized carbons (Fsp3) is 0.385. The summed E-state index contributed by atoms with van der Waals surface area (Å²) in [4.78, 5) is 18.8. The summed E-state index contributed by atoms with van der Waals surface area (Å²) in [6.45, 7) is 0.0433. The Hall–Kier alpha value is -2.65. The van der Waals surface area contributed by atoms with E-state index in [2.05, 4.69) is 25.7 Å². The molecular formula is C13H13F3N6O. The monoisotopic (exact) mass is 326 g/mol. The van der Waals surface area contributed by atoms with Crippen molar-refractivity contribution in [2.75, 3.05) is 5.32 Å². The highest BCUT2D eigenvalue weighted by atomic mass is 19.4. The normalized spacial score (nSPS) is 14.6. The molecule has 0 radical (unpaired) electrons. The highest BCUT2D eigenvalue weighted by Gasteiger charge is 2.32. The van der Waals surface area contributed by atoms with Gasteiger partial charge in [0, 0.05) is 18.4 Å². The van der Waals surface area contributed by atoms with Crippen molar-refractivity contribution in [3.8, 4) is 0 Å². The molecule has 0 spiro atoms. The summed E-state index contributed by atoms with van der Waals surface area (Å²) in [6, 6.07) is 1.05. The van der Waals surface area contributed by atoms with E-state index in [9.17, 15) is 18.0 Å². The first kappa shape index (κ1) is 15.3. The molecule has 23 heavy (non-hydrogen) atoms. The molecular weight excluding hydrogens is 313 g/mol. The van der Waals surface area contributed by atoms with E-state index in [1.54, 1.807) is 0 Å². The van der Waals surface area contributed by atoms with E-state index in [0.29, 0.717) is 5.69 Å². The lowest BCUT2D eigenvalue weighted by molar-refractivity contribution is -0.141. The molecule has 1 aliphatic carbocycles. The second-order valence-corrected chi connectivity index (χ2v) is 5.16. The lowest BCUT2D eigenvalue weighted by Crippen LogP contribution is -2.29. The summed E-state index contributed by atoms with van der Waals surface area (Å²) >= 11 is 0. The first-order chi connectivity index (χ1) is 10.9. The van der Waals surface area contributed by atoms with Crippen LogP contribution in [0.15, 0.2) is 24.7 Å². The maximum atomic E-state index is 12.6. The van der Waals surface area contributed by atoms with Crippen LogP contribution in [0, 0.1) is 0 Å². The third-order valence-corrected chi connectivity index (χ3v) is 3.08. The molecule has 0 unspecified atom stereocenters. The van der Waals surface area contributed by atoms with Crippen molar-refractivity contribution in [1.29, 1.82) is 0 Å². The first-order valence-corrected chi connectivity index (χ1v) is 6.89. The van der Waals surface area contributed by atoms with Crippen LogP contribution >= 0.6 is 0 Å². The standard InChI is InChI=1S/C13H13F3N6O/c14-13(15,16)10-3-4-17-12(21-10)20-9-5-18-22(6-9)7-11(23)19-8-1-2-8/h3-6,8H,1-2,7H2,(H,19,23)(H,17,20,21). The molecule has 2 aromatic heterocycles. The van der Waals surface area contributed by atoms with Crippen LogP contribution in [0.3, 0.4) is 0 Å². The van der Waals surface area contributed by atoms with Crippen LogP contribution in [0.25, 0.3) is 0 Å². The number of carbonyl (C=O) groups excluding carboxylic acids is 1. The van der Waals surface area contributed by atoms with E-state index < -0.39 is 11.9 Å². The number of amides is 1. The Balaban J connectivity index is 1.63. The number of halogens is 3. The first-order valence-electron chi connectivity index (χ1n) is 6.89. The Morgan fingerprint density at radius 3 is 2.87 bits per heavy atom. The lowest BCUT2D eigenvalue weighted by Gasteiger charge is -2.07. The maximum absolute atomic E-state index is 12.6. The Morgan fingerprint density at radius 1 is 1.39 bits per heavy atom. The summed E-state index contributed by atoms with van der Waals surface area (Å²) in [6.07, 6.45) is 1.34. The van der Waals surface area contributed by atoms with Crippen molar-refractivity contribution in [3.63, 3.8) is 0 Å². The fourth-order valence-corrected chi connectivity index (χ4v) is 1.87. The Morgan fingerprint density at radius 2 is 2.17 bits per heavy atom. The molecule has 2 heterocycles. The number of alkyl halides is 3. The van der Waals surface area contributed by atoms with Gasteiger partial charge in [-0.15, -0.1) is 0 Å². The molecule has 1 fully saturated rings. The summed E-state index contributed by atoms with van der Waals surface area (Å²) in [5, 5.41) is 9.41. The molecule has 1 saturated carbocycles. The summed E-state index contributed by atoms with van der Waals surface area (Å²) < 4.78 is 39.1. The van der Waals surface area contributed by atoms with Crippen molar-refractivity contribution >= 4 is 17.5 Å². The zero-order chi connectivity index (χ0) is 16.4. The van der Waals surface area contributed by atoms with Gasteiger partial charge >= 0.3 is 6.18 Å². The van der Waals surface area contributed by atoms with Gasteiger partial charge in [-0.25, -0.2) is 9.97 Å². The molecule has 1 amide bonds. The predicted octanol–water partition coefficient (Wildman–Crippen LogP) is 1.71. The van der Waals surface area contributed by atoms with Crippen molar-refractivity contribution in [1.82, 2.24) is 25.1 Å². The molecule has 122 valence electrons. The van der Waals surface area contributed by atoms with Crippen LogP contribution in [0.4, 0.5) is 24.8 Å². The fourth-order valence-electron chi connectivity index (χ4n) is 1.87. The van der Waals surface area contributed by atoms with Gasteiger partial charge in [-0.3, -0.25) is 9.48 Å². The number of nitrogens with zero attached hydrogens (tertiary/aromatic N) is 4. The quantitative estimate of drug-likeness (QED) is 0.874. The van der Waals surface area contributed by atoms with Gasteiger partial charge in [0.05, 0.1) is 11.9 Å². The van der Waals surface area contributed by atoms with Crippen LogP contribution in [-0.4, -0.2) is 31.7 Å². The molecule has 0 aromatic carbocycles. The van der Waals surface area contributed by atoms with E-state index in [1.807, 2.05) is 0 Å². The number of rotatable bonds is 5. The number of hydrogen-bond donors (Lipinski definition) is 2. The average Bonchev–Trinajstić information content (AvgIpc) is 3.17. The predicted molar refractivity (Wildman–Crippen MR) is 73.7 cm³/mol. The van der Waals surface area contributed by atoms with E-state index in [0.717, 1.165) is 25.1 Å². The molecule has 2 N–H and O–H groups in total. The van der Waals surface area contributed by atoms with Crippen molar-refractivity contribution in [2.24, 2.45) is 0 Å². The molecule has 0 aliphatic heterocycles. The Bertz CT molecular complexity index is 710. The van der Waals surface area contributed by atoms with Crippen molar-refractivity contribution in [3.05, 3.63) is 30.4 Å². The highest BCUT2D eigenvalue weighted by molar-refractivity contribution is 5.76. The smallest absolute Gasteiger partial charge is 0.352 e. The topological polar surface area (TPSA) is 84.7 Å². The van der Waals surface area contributed by atoms with Crippen LogP contribution in [0.1, 0.15) is 18.5 Å². The molecule has 0 bridgehead atoms. The molecule has 10 heteroatoms. The second kappa shape index (κ2) is 5.86. The van der Waals surface area contributed by atoms with E-state index in [4.69, 9.17) is 0 Å². The zero-order valence-corrected chi connectivity index (χ0v) is 11.8. The third-order valence-electron chi connectivity index (χ3n) is 3.08. The van der Waals surface area contributed by atoms with Crippen LogP contribution in [0.2, 0.25) is 0 Å². The van der Waals surface area contributed by atoms with Crippen LogP contribution in [0.5, 0.6) is 0 Å². The molecule has 2 aromatic rings. The van der Waals surface area contributed by atoms with Crippen molar-refractivity contribution in [2.45, 2.75) is 31.6 Å². The number of aromatic nitrogens is 4. The summed E-state index contributed by atoms with van der Waals surface area (Å²) in [5.41, 5.74) is -0.644. The Labute approximate surface area is 128 Å². The van der Waals surface area contributed by atoms with E-state index >= 15 is 0 Å². The minimum absolute atomic E-state index is 0.0433. The lowest BCUT2D eigenvalue weighted by atomic mass is 10.4. The van der Waals surface area contributed by atoms with Gasteiger partial charge in [-0.1, -0.05) is 0 Å². The second-order valence-electron chi connectivity index (χ2n) is 5.16. The third kappa shape index (κ3) is 4.18. The van der Waals surface area contributed by atoms with Gasteiger partial charge in [-0.2, -0.15) is 18.3 Å². The van der Waals surface area contributed by atoms with E-state index in [-0.39, 0.29) is 24.4 Å². The number of carbonyl (C=O) groups is 1. The largest absolute Gasteiger partial charge is 0.433 e. The molecule has 7 nitrogen and oxygen atoms in total. The molecule has 0 atom stereocenters. The number of nitrogens with one attached hydrogen (secondary N) is 2. The van der Waals surface area contributed by atoms with Gasteiger partial charge < -0.3 is 10.6 Å². The maximum Gasteiger partial charge on any atom is 0.433 e. The zero-order valence-electron chi connectivity index (χ0n) is 11.8. The molecule has 0 saturated heterocycles. The van der Waals surface area contributed by atoms with Gasteiger partial charge in [0.15, 0.2) is 0 Å². The SMILES string of the molecule is O=C(Cn1cc(Nc2nccc(C(F)(F)F)n2)cn1)NC1CC1. The number of hydrogen-bond acceptors (Lipinski definition) is 5. The Kier molecular flexibility index (Phi) is 3.89. The van der Waals surface area contributed by atoms with Crippen molar-refractivity contribution < 1.29 is 18.0 Å². The average molecular weight is 326 g/mol. The van der Waals surface area contributed by atoms with Gasteiger partial charge in [0.2, 0.25) is 11.9 Å². The minimum atomic E-state index is -4.54. The number of anilines is 2. The highest BCUT2D eigenvalue weighted by Crippen LogP contribution is 2.28. The van der Waals surface area contributed by atoms with E-state index in [1.165, 1.54) is 17.1 Å².